The first-order chi connectivity index (χ1) is 8.27. The molecule has 1 N–H and O–H groups in total. The minimum atomic E-state index is -0.0861. The molecule has 1 aromatic rings. The topological polar surface area (TPSA) is 56.1 Å². The molecule has 1 saturated heterocycles. The van der Waals surface area contributed by atoms with Gasteiger partial charge < -0.3 is 14.6 Å². The maximum absolute atomic E-state index is 11.7. The summed E-state index contributed by atoms with van der Waals surface area (Å²) in [5.74, 6) is 0.422. The largest absolute Gasteiger partial charge is 0.378 e. The molecule has 1 unspecified atom stereocenters. The first-order valence-corrected chi connectivity index (χ1v) is 6.14. The number of rotatable bonds is 4. The molecule has 2 rings (SSSR count). The van der Waals surface area contributed by atoms with Crippen LogP contribution in [-0.4, -0.2) is 28.8 Å². The maximum Gasteiger partial charge on any atom is 0.293 e. The van der Waals surface area contributed by atoms with E-state index in [1.165, 1.54) is 17.4 Å². The predicted molar refractivity (Wildman–Crippen MR) is 66.2 cm³/mol. The van der Waals surface area contributed by atoms with Crippen LogP contribution in [0.15, 0.2) is 17.2 Å². The quantitative estimate of drug-likeness (QED) is 0.853. The molecule has 1 aromatic heterocycles. The molecule has 17 heavy (non-hydrogen) atoms. The van der Waals surface area contributed by atoms with Crippen molar-refractivity contribution >= 4 is 5.82 Å². The summed E-state index contributed by atoms with van der Waals surface area (Å²) >= 11 is 0. The Hall–Kier alpha value is -1.36. The lowest BCUT2D eigenvalue weighted by molar-refractivity contribution is 0.0134. The van der Waals surface area contributed by atoms with E-state index in [0.717, 1.165) is 26.0 Å². The van der Waals surface area contributed by atoms with Gasteiger partial charge in [-0.25, -0.2) is 4.98 Å². The van der Waals surface area contributed by atoms with Crippen LogP contribution in [0.5, 0.6) is 0 Å². The number of nitrogens with one attached hydrogen (secondary N) is 1. The maximum atomic E-state index is 11.7. The predicted octanol–water partition coefficient (Wildman–Crippen LogP) is 1.15. The molecule has 0 bridgehead atoms. The Kier molecular flexibility index (Phi) is 4.14. The highest BCUT2D eigenvalue weighted by molar-refractivity contribution is 5.30. The van der Waals surface area contributed by atoms with Crippen molar-refractivity contribution in [1.82, 2.24) is 9.55 Å². The van der Waals surface area contributed by atoms with Gasteiger partial charge in [-0.15, -0.1) is 0 Å². The lowest BCUT2D eigenvalue weighted by Crippen LogP contribution is -2.25. The summed E-state index contributed by atoms with van der Waals surface area (Å²) in [7, 11) is 1.72. The van der Waals surface area contributed by atoms with Gasteiger partial charge in [-0.2, -0.15) is 0 Å². The van der Waals surface area contributed by atoms with Crippen molar-refractivity contribution in [3.05, 3.63) is 22.7 Å². The van der Waals surface area contributed by atoms with Crippen molar-refractivity contribution in [2.24, 2.45) is 7.05 Å². The fraction of sp³-hybridized carbons (Fsp3) is 0.667. The fourth-order valence-corrected chi connectivity index (χ4v) is 2.01. The SMILES string of the molecule is Cn1ccnc(NCCC2CCCCO2)c1=O. The Bertz CT molecular complexity index is 410. The molecule has 1 aliphatic heterocycles. The van der Waals surface area contributed by atoms with Crippen molar-refractivity contribution in [3.8, 4) is 0 Å². The van der Waals surface area contributed by atoms with E-state index in [2.05, 4.69) is 10.3 Å². The van der Waals surface area contributed by atoms with E-state index in [1.807, 2.05) is 0 Å². The molecule has 0 spiro atoms. The molecule has 0 amide bonds. The van der Waals surface area contributed by atoms with Crippen LogP contribution in [0.3, 0.4) is 0 Å². The van der Waals surface area contributed by atoms with Crippen LogP contribution in [-0.2, 0) is 11.8 Å². The van der Waals surface area contributed by atoms with Crippen molar-refractivity contribution in [2.45, 2.75) is 31.8 Å². The van der Waals surface area contributed by atoms with Crippen LogP contribution >= 0.6 is 0 Å². The molecule has 5 nitrogen and oxygen atoms in total. The fourth-order valence-electron chi connectivity index (χ4n) is 2.01. The average molecular weight is 237 g/mol. The molecule has 0 aromatic carbocycles. The molecular weight excluding hydrogens is 218 g/mol. The van der Waals surface area contributed by atoms with E-state index in [1.54, 1.807) is 19.4 Å². The minimum absolute atomic E-state index is 0.0861. The highest BCUT2D eigenvalue weighted by Gasteiger charge is 2.13. The number of hydrogen-bond donors (Lipinski definition) is 1. The van der Waals surface area contributed by atoms with Gasteiger partial charge in [0.1, 0.15) is 0 Å². The zero-order valence-electron chi connectivity index (χ0n) is 10.2. The highest BCUT2D eigenvalue weighted by Crippen LogP contribution is 2.15. The molecule has 0 saturated carbocycles. The summed E-state index contributed by atoms with van der Waals surface area (Å²) in [5, 5.41) is 3.08. The Morgan fingerprint density at radius 3 is 3.24 bits per heavy atom. The molecule has 94 valence electrons. The molecule has 0 radical (unpaired) electrons. The van der Waals surface area contributed by atoms with E-state index in [0.29, 0.717) is 11.9 Å². The van der Waals surface area contributed by atoms with Gasteiger partial charge in [0.15, 0.2) is 5.82 Å². The number of ether oxygens (including phenoxy) is 1. The summed E-state index contributed by atoms with van der Waals surface area (Å²) in [6, 6.07) is 0. The zero-order valence-corrected chi connectivity index (χ0v) is 10.2. The number of hydrogen-bond acceptors (Lipinski definition) is 4. The van der Waals surface area contributed by atoms with Crippen LogP contribution in [0.25, 0.3) is 0 Å². The second-order valence-corrected chi connectivity index (χ2v) is 4.40. The Labute approximate surface area is 101 Å². The Morgan fingerprint density at radius 1 is 1.59 bits per heavy atom. The van der Waals surface area contributed by atoms with Gasteiger partial charge in [0, 0.05) is 32.6 Å². The number of anilines is 1. The van der Waals surface area contributed by atoms with E-state index in [4.69, 9.17) is 4.74 Å². The second-order valence-electron chi connectivity index (χ2n) is 4.40. The number of aryl methyl sites for hydroxylation is 1. The first kappa shape index (κ1) is 12.1. The van der Waals surface area contributed by atoms with Crippen molar-refractivity contribution in [3.63, 3.8) is 0 Å². The lowest BCUT2D eigenvalue weighted by atomic mass is 10.1. The summed E-state index contributed by atoms with van der Waals surface area (Å²) in [6.07, 6.45) is 8.09. The Morgan fingerprint density at radius 2 is 2.47 bits per heavy atom. The second kappa shape index (κ2) is 5.82. The number of nitrogens with zero attached hydrogens (tertiary/aromatic N) is 2. The molecule has 1 atom stereocenters. The number of aromatic nitrogens is 2. The van der Waals surface area contributed by atoms with Crippen molar-refractivity contribution in [1.29, 1.82) is 0 Å². The van der Waals surface area contributed by atoms with E-state index in [-0.39, 0.29) is 5.56 Å². The van der Waals surface area contributed by atoms with Crippen LogP contribution in [0.1, 0.15) is 25.7 Å². The van der Waals surface area contributed by atoms with E-state index >= 15 is 0 Å². The summed E-state index contributed by atoms with van der Waals surface area (Å²) in [6.45, 7) is 1.60. The molecular formula is C12H19N3O2. The van der Waals surface area contributed by atoms with Crippen molar-refractivity contribution in [2.75, 3.05) is 18.5 Å². The standard InChI is InChI=1S/C12H19N3O2/c1-15-8-7-14-11(12(15)16)13-6-5-10-4-2-3-9-17-10/h7-8,10H,2-6,9H2,1H3,(H,13,14). The monoisotopic (exact) mass is 237 g/mol. The molecule has 1 fully saturated rings. The van der Waals surface area contributed by atoms with Crippen molar-refractivity contribution < 1.29 is 4.74 Å². The van der Waals surface area contributed by atoms with Crippen LogP contribution in [0, 0.1) is 0 Å². The van der Waals surface area contributed by atoms with Gasteiger partial charge in [0.25, 0.3) is 5.56 Å². The average Bonchev–Trinajstić information content (AvgIpc) is 2.36. The smallest absolute Gasteiger partial charge is 0.293 e. The van der Waals surface area contributed by atoms with Crippen LogP contribution in [0.4, 0.5) is 5.82 Å². The molecule has 5 heteroatoms. The normalized spacial score (nSPS) is 20.2. The summed E-state index contributed by atoms with van der Waals surface area (Å²) < 4.78 is 7.15. The minimum Gasteiger partial charge on any atom is -0.378 e. The zero-order chi connectivity index (χ0) is 12.1. The molecule has 0 aliphatic carbocycles. The molecule has 1 aliphatic rings. The third-order valence-corrected chi connectivity index (χ3v) is 3.05. The summed E-state index contributed by atoms with van der Waals surface area (Å²) in [4.78, 5) is 15.7. The van der Waals surface area contributed by atoms with Crippen LogP contribution in [0.2, 0.25) is 0 Å². The van der Waals surface area contributed by atoms with Gasteiger partial charge in [-0.1, -0.05) is 0 Å². The van der Waals surface area contributed by atoms with E-state index < -0.39 is 0 Å². The van der Waals surface area contributed by atoms with Gasteiger partial charge >= 0.3 is 0 Å². The lowest BCUT2D eigenvalue weighted by Gasteiger charge is -2.22. The molecule has 2 heterocycles. The Balaban J connectivity index is 1.81. The van der Waals surface area contributed by atoms with Gasteiger partial charge in [-0.05, 0) is 25.7 Å². The first-order valence-electron chi connectivity index (χ1n) is 6.14. The van der Waals surface area contributed by atoms with Gasteiger partial charge in [0.2, 0.25) is 0 Å². The third kappa shape index (κ3) is 3.30. The summed E-state index contributed by atoms with van der Waals surface area (Å²) in [5.41, 5.74) is -0.0861. The van der Waals surface area contributed by atoms with Crippen LogP contribution < -0.4 is 10.9 Å². The van der Waals surface area contributed by atoms with Gasteiger partial charge in [0.05, 0.1) is 6.10 Å². The highest BCUT2D eigenvalue weighted by atomic mass is 16.5. The van der Waals surface area contributed by atoms with Gasteiger partial charge in [-0.3, -0.25) is 4.79 Å². The third-order valence-electron chi connectivity index (χ3n) is 3.05. The van der Waals surface area contributed by atoms with E-state index in [9.17, 15) is 4.79 Å².